The molecule has 0 N–H and O–H groups in total. The van der Waals surface area contributed by atoms with Crippen molar-refractivity contribution in [2.75, 3.05) is 19.3 Å². The lowest BCUT2D eigenvalue weighted by atomic mass is 10.1. The third-order valence-corrected chi connectivity index (χ3v) is 4.96. The molecule has 22 heavy (non-hydrogen) atoms. The van der Waals surface area contributed by atoms with Gasteiger partial charge in [0.05, 0.1) is 5.03 Å². The molecular formula is C18H16N2OS. The van der Waals surface area contributed by atoms with E-state index < -0.39 is 0 Å². The average Bonchev–Trinajstić information content (AvgIpc) is 3.14. The van der Waals surface area contributed by atoms with E-state index in [1.54, 1.807) is 0 Å². The topological polar surface area (TPSA) is 29.3 Å². The van der Waals surface area contributed by atoms with E-state index >= 15 is 0 Å². The van der Waals surface area contributed by atoms with Gasteiger partial charge in [-0.25, -0.2) is 4.98 Å². The van der Waals surface area contributed by atoms with Crippen LogP contribution in [-0.2, 0) is 0 Å². The van der Waals surface area contributed by atoms with Crippen LogP contribution in [0.1, 0.15) is 5.89 Å². The SMILES string of the molecule is CN1CCS/C1=C/C=C/c1nc2c(ccc3ccccc32)o1. The second-order valence-corrected chi connectivity index (χ2v) is 6.43. The predicted octanol–water partition coefficient (Wildman–Crippen LogP) is 4.51. The van der Waals surface area contributed by atoms with Gasteiger partial charge in [-0.3, -0.25) is 0 Å². The van der Waals surface area contributed by atoms with Crippen LogP contribution in [0.2, 0.25) is 0 Å². The lowest BCUT2D eigenvalue weighted by Crippen LogP contribution is -2.10. The van der Waals surface area contributed by atoms with E-state index in [1.807, 2.05) is 42.1 Å². The summed E-state index contributed by atoms with van der Waals surface area (Å²) >= 11 is 1.88. The van der Waals surface area contributed by atoms with Crippen LogP contribution >= 0.6 is 11.8 Å². The van der Waals surface area contributed by atoms with Crippen LogP contribution in [0.5, 0.6) is 0 Å². The first-order valence-corrected chi connectivity index (χ1v) is 8.30. The maximum absolute atomic E-state index is 5.82. The summed E-state index contributed by atoms with van der Waals surface area (Å²) in [6.45, 7) is 1.11. The summed E-state index contributed by atoms with van der Waals surface area (Å²) in [5.74, 6) is 1.80. The quantitative estimate of drug-likeness (QED) is 0.696. The molecule has 1 aromatic heterocycles. The highest BCUT2D eigenvalue weighted by atomic mass is 32.2. The zero-order valence-electron chi connectivity index (χ0n) is 12.3. The van der Waals surface area contributed by atoms with Gasteiger partial charge >= 0.3 is 0 Å². The lowest BCUT2D eigenvalue weighted by Gasteiger charge is -2.09. The molecule has 1 aliphatic rings. The molecule has 3 aromatic rings. The van der Waals surface area contributed by atoms with Gasteiger partial charge in [0.15, 0.2) is 5.58 Å². The number of fused-ring (bicyclic) bond motifs is 3. The fourth-order valence-corrected chi connectivity index (χ4v) is 3.71. The number of oxazole rings is 1. The molecule has 4 heteroatoms. The number of hydrogen-bond acceptors (Lipinski definition) is 4. The molecule has 2 heterocycles. The maximum atomic E-state index is 5.82. The number of nitrogens with zero attached hydrogens (tertiary/aromatic N) is 2. The highest BCUT2D eigenvalue weighted by Gasteiger charge is 2.11. The number of thioether (sulfide) groups is 1. The summed E-state index contributed by atoms with van der Waals surface area (Å²) in [7, 11) is 2.12. The molecule has 0 saturated carbocycles. The van der Waals surface area contributed by atoms with Crippen molar-refractivity contribution in [2.45, 2.75) is 0 Å². The Balaban J connectivity index is 1.69. The van der Waals surface area contributed by atoms with Crippen molar-refractivity contribution in [2.24, 2.45) is 0 Å². The molecule has 0 atom stereocenters. The first-order valence-electron chi connectivity index (χ1n) is 7.32. The van der Waals surface area contributed by atoms with E-state index in [4.69, 9.17) is 4.42 Å². The number of allylic oxidation sites excluding steroid dienone is 2. The molecule has 1 aliphatic heterocycles. The van der Waals surface area contributed by atoms with Gasteiger partial charge in [0.25, 0.3) is 0 Å². The minimum absolute atomic E-state index is 0.647. The molecular weight excluding hydrogens is 292 g/mol. The first-order chi connectivity index (χ1) is 10.8. The van der Waals surface area contributed by atoms with Crippen molar-refractivity contribution in [1.82, 2.24) is 9.88 Å². The van der Waals surface area contributed by atoms with Crippen LogP contribution in [-0.4, -0.2) is 29.2 Å². The van der Waals surface area contributed by atoms with Gasteiger partial charge in [0.1, 0.15) is 5.52 Å². The smallest absolute Gasteiger partial charge is 0.220 e. The minimum Gasteiger partial charge on any atom is -0.437 e. The van der Waals surface area contributed by atoms with Crippen molar-refractivity contribution in [1.29, 1.82) is 0 Å². The molecule has 4 rings (SSSR count). The van der Waals surface area contributed by atoms with Crippen molar-refractivity contribution < 1.29 is 4.42 Å². The Morgan fingerprint density at radius 1 is 1.23 bits per heavy atom. The van der Waals surface area contributed by atoms with E-state index in [0.717, 1.165) is 28.8 Å². The van der Waals surface area contributed by atoms with Gasteiger partial charge in [-0.2, -0.15) is 0 Å². The predicted molar refractivity (Wildman–Crippen MR) is 93.7 cm³/mol. The minimum atomic E-state index is 0.647. The standard InChI is InChI=1S/C18H16N2OS/c1-20-11-12-22-17(20)8-4-7-16-19-18-14-6-3-2-5-13(14)9-10-15(18)21-16/h2-10H,11-12H2,1H3/b7-4+,17-8+. The van der Waals surface area contributed by atoms with E-state index in [0.29, 0.717) is 5.89 Å². The molecule has 1 saturated heterocycles. The zero-order chi connectivity index (χ0) is 14.9. The van der Waals surface area contributed by atoms with Crippen molar-refractivity contribution in [3.63, 3.8) is 0 Å². The molecule has 3 nitrogen and oxygen atoms in total. The van der Waals surface area contributed by atoms with Gasteiger partial charge < -0.3 is 9.32 Å². The van der Waals surface area contributed by atoms with Crippen LogP contribution in [0.25, 0.3) is 27.9 Å². The highest BCUT2D eigenvalue weighted by molar-refractivity contribution is 8.03. The normalized spacial score (nSPS) is 17.5. The van der Waals surface area contributed by atoms with Crippen LogP contribution in [0.3, 0.4) is 0 Å². The third-order valence-electron chi connectivity index (χ3n) is 3.83. The average molecular weight is 308 g/mol. The van der Waals surface area contributed by atoms with Crippen molar-refractivity contribution in [3.8, 4) is 0 Å². The number of aromatic nitrogens is 1. The van der Waals surface area contributed by atoms with Gasteiger partial charge in [0.2, 0.25) is 5.89 Å². The fourth-order valence-electron chi connectivity index (χ4n) is 2.65. The van der Waals surface area contributed by atoms with Crippen LogP contribution in [0.15, 0.2) is 58.0 Å². The first kappa shape index (κ1) is 13.5. The largest absolute Gasteiger partial charge is 0.437 e. The Hall–Kier alpha value is -2.20. The molecule has 2 aromatic carbocycles. The summed E-state index contributed by atoms with van der Waals surface area (Å²) in [6.07, 6.45) is 6.05. The summed E-state index contributed by atoms with van der Waals surface area (Å²) in [5, 5.41) is 3.61. The van der Waals surface area contributed by atoms with Crippen molar-refractivity contribution in [3.05, 3.63) is 59.5 Å². The molecule has 0 aliphatic carbocycles. The summed E-state index contributed by atoms with van der Waals surface area (Å²) in [6, 6.07) is 12.3. The summed E-state index contributed by atoms with van der Waals surface area (Å²) < 4.78 is 5.82. The fraction of sp³-hybridized carbons (Fsp3) is 0.167. The lowest BCUT2D eigenvalue weighted by molar-refractivity contribution is 0.493. The van der Waals surface area contributed by atoms with Crippen LogP contribution in [0.4, 0.5) is 0 Å². The van der Waals surface area contributed by atoms with E-state index in [1.165, 1.54) is 10.4 Å². The van der Waals surface area contributed by atoms with E-state index in [2.05, 4.69) is 41.2 Å². The Morgan fingerprint density at radius 3 is 3.00 bits per heavy atom. The molecule has 0 radical (unpaired) electrons. The Labute approximate surface area is 133 Å². The highest BCUT2D eigenvalue weighted by Crippen LogP contribution is 2.27. The molecule has 0 amide bonds. The van der Waals surface area contributed by atoms with Gasteiger partial charge in [0, 0.05) is 30.8 Å². The maximum Gasteiger partial charge on any atom is 0.220 e. The van der Waals surface area contributed by atoms with Crippen molar-refractivity contribution >= 4 is 39.7 Å². The molecule has 0 unspecified atom stereocenters. The van der Waals surface area contributed by atoms with Crippen LogP contribution in [0, 0.1) is 0 Å². The second-order valence-electron chi connectivity index (χ2n) is 5.32. The Bertz CT molecular complexity index is 894. The third kappa shape index (κ3) is 2.40. The Morgan fingerprint density at radius 2 is 2.14 bits per heavy atom. The summed E-state index contributed by atoms with van der Waals surface area (Å²) in [5.41, 5.74) is 1.76. The number of rotatable bonds is 2. The van der Waals surface area contributed by atoms with E-state index in [9.17, 15) is 0 Å². The second kappa shape index (κ2) is 5.54. The van der Waals surface area contributed by atoms with Crippen LogP contribution < -0.4 is 0 Å². The number of hydrogen-bond donors (Lipinski definition) is 0. The van der Waals surface area contributed by atoms with Gasteiger partial charge in [-0.05, 0) is 17.5 Å². The monoisotopic (exact) mass is 308 g/mol. The molecule has 110 valence electrons. The van der Waals surface area contributed by atoms with E-state index in [-0.39, 0.29) is 0 Å². The van der Waals surface area contributed by atoms with Gasteiger partial charge in [-0.15, -0.1) is 11.8 Å². The molecule has 0 bridgehead atoms. The number of benzene rings is 2. The van der Waals surface area contributed by atoms with Gasteiger partial charge in [-0.1, -0.05) is 36.4 Å². The molecule has 1 fully saturated rings. The summed E-state index contributed by atoms with van der Waals surface area (Å²) in [4.78, 5) is 6.88. The molecule has 0 spiro atoms. The Kier molecular flexibility index (Phi) is 3.39. The zero-order valence-corrected chi connectivity index (χ0v) is 13.1.